The van der Waals surface area contributed by atoms with Crippen LogP contribution in [-0.2, 0) is 6.42 Å². The van der Waals surface area contributed by atoms with E-state index in [1.165, 1.54) is 25.3 Å². The Hall–Kier alpha value is -0.600. The molecule has 0 aliphatic heterocycles. The maximum Gasteiger partial charge on any atom is 0.127 e. The molecule has 3 heteroatoms. The summed E-state index contributed by atoms with van der Waals surface area (Å²) in [6, 6.07) is 5.55. The van der Waals surface area contributed by atoms with Crippen molar-refractivity contribution < 1.29 is 4.39 Å². The van der Waals surface area contributed by atoms with Gasteiger partial charge in [-0.3, -0.25) is 0 Å². The van der Waals surface area contributed by atoms with Gasteiger partial charge in [-0.2, -0.15) is 0 Å². The Balaban J connectivity index is 2.11. The summed E-state index contributed by atoms with van der Waals surface area (Å²) in [5.74, 6) is 1.82. The second kappa shape index (κ2) is 6.91. The average molecular weight is 298 g/mol. The molecule has 1 aromatic carbocycles. The first-order valence-corrected chi connectivity index (χ1v) is 8.00. The van der Waals surface area contributed by atoms with Crippen LogP contribution in [0.1, 0.15) is 38.7 Å². The molecule has 0 bridgehead atoms. The summed E-state index contributed by atoms with van der Waals surface area (Å²) in [4.78, 5) is 0. The van der Waals surface area contributed by atoms with E-state index >= 15 is 0 Å². The van der Waals surface area contributed by atoms with E-state index in [1.54, 1.807) is 6.07 Å². The van der Waals surface area contributed by atoms with Crippen molar-refractivity contribution in [1.82, 2.24) is 5.32 Å². The Morgan fingerprint density at radius 3 is 2.70 bits per heavy atom. The zero-order valence-corrected chi connectivity index (χ0v) is 13.4. The Labute approximate surface area is 126 Å². The zero-order valence-electron chi connectivity index (χ0n) is 12.6. The van der Waals surface area contributed by atoms with Gasteiger partial charge in [-0.1, -0.05) is 31.5 Å². The lowest BCUT2D eigenvalue weighted by Gasteiger charge is -2.38. The molecular weight excluding hydrogens is 273 g/mol. The third kappa shape index (κ3) is 3.73. The number of halogens is 2. The van der Waals surface area contributed by atoms with Gasteiger partial charge in [0.1, 0.15) is 5.82 Å². The van der Waals surface area contributed by atoms with Gasteiger partial charge in [-0.25, -0.2) is 4.39 Å². The molecule has 3 atom stereocenters. The summed E-state index contributed by atoms with van der Waals surface area (Å²) >= 11 is 5.83. The first-order valence-electron chi connectivity index (χ1n) is 7.62. The van der Waals surface area contributed by atoms with Crippen molar-refractivity contribution in [3.05, 3.63) is 34.6 Å². The number of benzene rings is 1. The number of nitrogens with one attached hydrogen (secondary N) is 1. The third-order valence-corrected chi connectivity index (χ3v) is 5.07. The Kier molecular flexibility index (Phi) is 5.45. The van der Waals surface area contributed by atoms with Crippen molar-refractivity contribution in [1.29, 1.82) is 0 Å². The van der Waals surface area contributed by atoms with Gasteiger partial charge in [-0.15, -0.1) is 0 Å². The number of hydrogen-bond acceptors (Lipinski definition) is 1. The summed E-state index contributed by atoms with van der Waals surface area (Å²) < 4.78 is 14.0. The minimum atomic E-state index is -0.168. The van der Waals surface area contributed by atoms with Crippen LogP contribution in [0.3, 0.4) is 0 Å². The molecule has 1 saturated carbocycles. The first kappa shape index (κ1) is 15.8. The highest BCUT2D eigenvalue weighted by Gasteiger charge is 2.31. The van der Waals surface area contributed by atoms with Gasteiger partial charge in [0.25, 0.3) is 0 Å². The van der Waals surface area contributed by atoms with E-state index < -0.39 is 0 Å². The fourth-order valence-corrected chi connectivity index (χ4v) is 3.64. The molecule has 1 aromatic rings. The van der Waals surface area contributed by atoms with E-state index in [9.17, 15) is 4.39 Å². The molecule has 2 rings (SSSR count). The van der Waals surface area contributed by atoms with Crippen molar-refractivity contribution in [3.63, 3.8) is 0 Å². The molecule has 1 aliphatic rings. The molecule has 1 nitrogen and oxygen atoms in total. The highest BCUT2D eigenvalue weighted by molar-refractivity contribution is 6.30. The van der Waals surface area contributed by atoms with E-state index in [2.05, 4.69) is 19.2 Å². The minimum absolute atomic E-state index is 0.168. The highest BCUT2D eigenvalue weighted by atomic mass is 35.5. The fraction of sp³-hybridized carbons (Fsp3) is 0.647. The standard InChI is InChI=1S/C17H25ClFN/c1-11(2)12-5-7-17(20-3)14(8-12)9-13-4-6-15(18)10-16(13)19/h4,6,10-12,14,17,20H,5,7-9H2,1-3H3. The molecule has 3 unspecified atom stereocenters. The smallest absolute Gasteiger partial charge is 0.127 e. The molecule has 0 spiro atoms. The van der Waals surface area contributed by atoms with E-state index in [1.807, 2.05) is 13.1 Å². The van der Waals surface area contributed by atoms with E-state index in [0.717, 1.165) is 17.9 Å². The van der Waals surface area contributed by atoms with Crippen LogP contribution in [0.25, 0.3) is 0 Å². The molecule has 0 heterocycles. The SMILES string of the molecule is CNC1CCC(C(C)C)CC1Cc1ccc(Cl)cc1F. The van der Waals surface area contributed by atoms with Gasteiger partial charge in [0.2, 0.25) is 0 Å². The average Bonchev–Trinajstić information content (AvgIpc) is 2.41. The summed E-state index contributed by atoms with van der Waals surface area (Å²) in [5.41, 5.74) is 0.795. The minimum Gasteiger partial charge on any atom is -0.317 e. The zero-order chi connectivity index (χ0) is 14.7. The van der Waals surface area contributed by atoms with Crippen LogP contribution in [-0.4, -0.2) is 13.1 Å². The predicted molar refractivity (Wildman–Crippen MR) is 83.6 cm³/mol. The Morgan fingerprint density at radius 1 is 1.35 bits per heavy atom. The molecule has 20 heavy (non-hydrogen) atoms. The van der Waals surface area contributed by atoms with Crippen LogP contribution in [0.5, 0.6) is 0 Å². The highest BCUT2D eigenvalue weighted by Crippen LogP contribution is 2.36. The van der Waals surface area contributed by atoms with Gasteiger partial charge in [0.15, 0.2) is 0 Å². The van der Waals surface area contributed by atoms with E-state index in [-0.39, 0.29) is 5.82 Å². The second-order valence-electron chi connectivity index (χ2n) is 6.41. The quantitative estimate of drug-likeness (QED) is 0.851. The van der Waals surface area contributed by atoms with Crippen LogP contribution in [0.2, 0.25) is 5.02 Å². The second-order valence-corrected chi connectivity index (χ2v) is 6.85. The largest absolute Gasteiger partial charge is 0.317 e. The van der Waals surface area contributed by atoms with Gasteiger partial charge < -0.3 is 5.32 Å². The Morgan fingerprint density at radius 2 is 2.10 bits per heavy atom. The van der Waals surface area contributed by atoms with E-state index in [0.29, 0.717) is 22.9 Å². The topological polar surface area (TPSA) is 12.0 Å². The lowest BCUT2D eigenvalue weighted by Crippen LogP contribution is -2.40. The third-order valence-electron chi connectivity index (χ3n) is 4.83. The van der Waals surface area contributed by atoms with Crippen LogP contribution in [0, 0.1) is 23.6 Å². The lowest BCUT2D eigenvalue weighted by molar-refractivity contribution is 0.172. The molecule has 0 aromatic heterocycles. The van der Waals surface area contributed by atoms with Crippen molar-refractivity contribution in [2.24, 2.45) is 17.8 Å². The van der Waals surface area contributed by atoms with E-state index in [4.69, 9.17) is 11.6 Å². The van der Waals surface area contributed by atoms with Gasteiger partial charge in [-0.05, 0) is 68.2 Å². The number of hydrogen-bond donors (Lipinski definition) is 1. The summed E-state index contributed by atoms with van der Waals surface area (Å²) in [6.07, 6.45) is 4.46. The summed E-state index contributed by atoms with van der Waals surface area (Å²) in [6.45, 7) is 4.59. The maximum absolute atomic E-state index is 14.0. The van der Waals surface area contributed by atoms with Crippen molar-refractivity contribution in [2.75, 3.05) is 7.05 Å². The van der Waals surface area contributed by atoms with Crippen LogP contribution < -0.4 is 5.32 Å². The molecule has 1 fully saturated rings. The molecule has 0 amide bonds. The molecule has 1 N–H and O–H groups in total. The van der Waals surface area contributed by atoms with Crippen molar-refractivity contribution in [3.8, 4) is 0 Å². The van der Waals surface area contributed by atoms with Crippen LogP contribution in [0.15, 0.2) is 18.2 Å². The number of rotatable bonds is 4. The summed E-state index contributed by atoms with van der Waals surface area (Å²) in [7, 11) is 2.02. The molecule has 1 aliphatic carbocycles. The summed E-state index contributed by atoms with van der Waals surface area (Å²) in [5, 5.41) is 3.89. The van der Waals surface area contributed by atoms with Crippen LogP contribution >= 0.6 is 11.6 Å². The molecule has 0 saturated heterocycles. The monoisotopic (exact) mass is 297 g/mol. The van der Waals surface area contributed by atoms with Gasteiger partial charge >= 0.3 is 0 Å². The van der Waals surface area contributed by atoms with Gasteiger partial charge in [0.05, 0.1) is 0 Å². The predicted octanol–water partition coefficient (Wildman–Crippen LogP) is 4.68. The first-order chi connectivity index (χ1) is 9.51. The van der Waals surface area contributed by atoms with Gasteiger partial charge in [0, 0.05) is 11.1 Å². The molecule has 0 radical (unpaired) electrons. The fourth-order valence-electron chi connectivity index (χ4n) is 3.48. The van der Waals surface area contributed by atoms with Crippen LogP contribution in [0.4, 0.5) is 4.39 Å². The molecule has 112 valence electrons. The van der Waals surface area contributed by atoms with Crippen molar-refractivity contribution >= 4 is 11.6 Å². The molecular formula is C17H25ClFN. The lowest BCUT2D eigenvalue weighted by atomic mass is 9.72. The maximum atomic E-state index is 14.0. The normalized spacial score (nSPS) is 27.0. The Bertz CT molecular complexity index is 447. The van der Waals surface area contributed by atoms with Crippen molar-refractivity contribution in [2.45, 2.75) is 45.6 Å².